The van der Waals surface area contributed by atoms with Gasteiger partial charge in [0.1, 0.15) is 6.10 Å². The molecule has 0 aromatic rings. The van der Waals surface area contributed by atoms with Gasteiger partial charge in [0.05, 0.1) is 5.92 Å². The van der Waals surface area contributed by atoms with E-state index in [4.69, 9.17) is 4.74 Å². The summed E-state index contributed by atoms with van der Waals surface area (Å²) < 4.78 is 5.88. The molecule has 0 aromatic heterocycles. The van der Waals surface area contributed by atoms with Gasteiger partial charge in [0.25, 0.3) is 0 Å². The molecule has 3 saturated carbocycles. The number of rotatable bonds is 4. The van der Waals surface area contributed by atoms with Crippen LogP contribution in [0.25, 0.3) is 0 Å². The monoisotopic (exact) mass is 334 g/mol. The molecule has 3 aliphatic rings. The van der Waals surface area contributed by atoms with Gasteiger partial charge >= 0.3 is 5.97 Å². The van der Waals surface area contributed by atoms with Crippen molar-refractivity contribution in [1.82, 2.24) is 0 Å². The molecule has 0 amide bonds. The van der Waals surface area contributed by atoms with Crippen molar-refractivity contribution in [2.45, 2.75) is 103 Å². The molecule has 0 spiro atoms. The second kappa shape index (κ2) is 8.72. The highest BCUT2D eigenvalue weighted by molar-refractivity contribution is 5.72. The third-order valence-corrected chi connectivity index (χ3v) is 7.49. The lowest BCUT2D eigenvalue weighted by molar-refractivity contribution is -0.157. The lowest BCUT2D eigenvalue weighted by atomic mass is 9.69. The molecule has 2 heteroatoms. The lowest BCUT2D eigenvalue weighted by Gasteiger charge is -2.37. The van der Waals surface area contributed by atoms with Crippen LogP contribution in [0.4, 0.5) is 0 Å². The van der Waals surface area contributed by atoms with Crippen molar-refractivity contribution in [3.05, 3.63) is 0 Å². The molecule has 0 saturated heterocycles. The third-order valence-electron chi connectivity index (χ3n) is 7.49. The minimum absolute atomic E-state index is 0.130. The number of carbonyl (C=O) groups is 1. The summed E-state index contributed by atoms with van der Waals surface area (Å²) in [6.07, 6.45) is 16.6. The molecule has 0 aromatic carbocycles. The summed E-state index contributed by atoms with van der Waals surface area (Å²) >= 11 is 0. The molecule has 0 unspecified atom stereocenters. The summed E-state index contributed by atoms with van der Waals surface area (Å²) in [5, 5.41) is 0. The number of hydrogen-bond acceptors (Lipinski definition) is 2. The van der Waals surface area contributed by atoms with Crippen LogP contribution in [0, 0.1) is 29.6 Å². The van der Waals surface area contributed by atoms with Crippen molar-refractivity contribution in [1.29, 1.82) is 0 Å². The van der Waals surface area contributed by atoms with Crippen LogP contribution in [0.5, 0.6) is 0 Å². The SMILES string of the molecule is CCC1CCC(OC(=O)C2CCC(C3CCC(C)CC3)CC2)CC1. The molecule has 2 nitrogen and oxygen atoms in total. The van der Waals surface area contributed by atoms with E-state index in [0.717, 1.165) is 49.4 Å². The number of esters is 1. The van der Waals surface area contributed by atoms with E-state index in [0.29, 0.717) is 0 Å². The Morgan fingerprint density at radius 1 is 0.792 bits per heavy atom. The molecular formula is C22H38O2. The van der Waals surface area contributed by atoms with Crippen LogP contribution in [-0.4, -0.2) is 12.1 Å². The molecule has 0 N–H and O–H groups in total. The average molecular weight is 335 g/mol. The first-order chi connectivity index (χ1) is 11.7. The zero-order valence-electron chi connectivity index (χ0n) is 16.0. The smallest absolute Gasteiger partial charge is 0.309 e. The van der Waals surface area contributed by atoms with Gasteiger partial charge in [-0.15, -0.1) is 0 Å². The lowest BCUT2D eigenvalue weighted by Crippen LogP contribution is -2.32. The Kier molecular flexibility index (Phi) is 6.63. The Bertz CT molecular complexity index is 381. The first-order valence-electron chi connectivity index (χ1n) is 10.9. The van der Waals surface area contributed by atoms with E-state index in [2.05, 4.69) is 13.8 Å². The van der Waals surface area contributed by atoms with E-state index in [1.54, 1.807) is 0 Å². The van der Waals surface area contributed by atoms with Gasteiger partial charge in [-0.1, -0.05) is 33.1 Å². The molecule has 0 heterocycles. The second-order valence-electron chi connectivity index (χ2n) is 9.12. The summed E-state index contributed by atoms with van der Waals surface area (Å²) in [6, 6.07) is 0. The van der Waals surface area contributed by atoms with Gasteiger partial charge in [-0.05, 0) is 87.9 Å². The Morgan fingerprint density at radius 2 is 1.33 bits per heavy atom. The van der Waals surface area contributed by atoms with Crippen LogP contribution in [0.15, 0.2) is 0 Å². The average Bonchev–Trinajstić information content (AvgIpc) is 2.63. The Hall–Kier alpha value is -0.530. The Balaban J connectivity index is 1.37. The quantitative estimate of drug-likeness (QED) is 0.578. The van der Waals surface area contributed by atoms with Crippen LogP contribution >= 0.6 is 0 Å². The maximum absolute atomic E-state index is 12.5. The summed E-state index contributed by atoms with van der Waals surface area (Å²) in [7, 11) is 0. The fourth-order valence-corrected chi connectivity index (χ4v) is 5.50. The van der Waals surface area contributed by atoms with Crippen LogP contribution in [0.1, 0.15) is 97.3 Å². The molecule has 0 bridgehead atoms. The molecule has 3 aliphatic carbocycles. The predicted molar refractivity (Wildman–Crippen MR) is 98.7 cm³/mol. The van der Waals surface area contributed by atoms with E-state index in [1.807, 2.05) is 0 Å². The fourth-order valence-electron chi connectivity index (χ4n) is 5.50. The van der Waals surface area contributed by atoms with Gasteiger partial charge in [0.2, 0.25) is 0 Å². The summed E-state index contributed by atoms with van der Waals surface area (Å²) in [5.41, 5.74) is 0. The Labute approximate surface area is 149 Å². The summed E-state index contributed by atoms with van der Waals surface area (Å²) in [4.78, 5) is 12.5. The first-order valence-corrected chi connectivity index (χ1v) is 10.9. The molecule has 138 valence electrons. The third kappa shape index (κ3) is 4.76. The van der Waals surface area contributed by atoms with Gasteiger partial charge in [0.15, 0.2) is 0 Å². The highest BCUT2D eigenvalue weighted by atomic mass is 16.5. The van der Waals surface area contributed by atoms with Crippen molar-refractivity contribution < 1.29 is 9.53 Å². The number of hydrogen-bond donors (Lipinski definition) is 0. The topological polar surface area (TPSA) is 26.3 Å². The fraction of sp³-hybridized carbons (Fsp3) is 0.955. The van der Waals surface area contributed by atoms with Crippen LogP contribution in [-0.2, 0) is 9.53 Å². The van der Waals surface area contributed by atoms with Crippen molar-refractivity contribution in [2.75, 3.05) is 0 Å². The molecule has 3 rings (SSSR count). The zero-order valence-corrected chi connectivity index (χ0v) is 16.0. The molecule has 0 aliphatic heterocycles. The van der Waals surface area contributed by atoms with Gasteiger partial charge in [-0.25, -0.2) is 0 Å². The molecule has 24 heavy (non-hydrogen) atoms. The van der Waals surface area contributed by atoms with Crippen molar-refractivity contribution in [3.8, 4) is 0 Å². The highest BCUT2D eigenvalue weighted by Gasteiger charge is 2.34. The summed E-state index contributed by atoms with van der Waals surface area (Å²) in [5.74, 6) is 3.98. The van der Waals surface area contributed by atoms with E-state index in [9.17, 15) is 4.79 Å². The largest absolute Gasteiger partial charge is 0.462 e. The van der Waals surface area contributed by atoms with Gasteiger partial charge in [-0.3, -0.25) is 4.79 Å². The van der Waals surface area contributed by atoms with Crippen LogP contribution in [0.2, 0.25) is 0 Å². The van der Waals surface area contributed by atoms with Crippen LogP contribution < -0.4 is 0 Å². The van der Waals surface area contributed by atoms with E-state index in [1.165, 1.54) is 57.8 Å². The first kappa shape index (κ1) is 18.3. The maximum atomic E-state index is 12.5. The van der Waals surface area contributed by atoms with Gasteiger partial charge in [0, 0.05) is 0 Å². The minimum Gasteiger partial charge on any atom is -0.462 e. The highest BCUT2D eigenvalue weighted by Crippen LogP contribution is 2.41. The van der Waals surface area contributed by atoms with Crippen molar-refractivity contribution >= 4 is 5.97 Å². The van der Waals surface area contributed by atoms with Gasteiger partial charge < -0.3 is 4.74 Å². The van der Waals surface area contributed by atoms with E-state index < -0.39 is 0 Å². The van der Waals surface area contributed by atoms with E-state index in [-0.39, 0.29) is 18.0 Å². The number of carbonyl (C=O) groups excluding carboxylic acids is 1. The van der Waals surface area contributed by atoms with Crippen molar-refractivity contribution in [2.24, 2.45) is 29.6 Å². The van der Waals surface area contributed by atoms with E-state index >= 15 is 0 Å². The van der Waals surface area contributed by atoms with Crippen LogP contribution in [0.3, 0.4) is 0 Å². The molecular weight excluding hydrogens is 296 g/mol. The second-order valence-corrected chi connectivity index (χ2v) is 9.12. The van der Waals surface area contributed by atoms with Gasteiger partial charge in [-0.2, -0.15) is 0 Å². The summed E-state index contributed by atoms with van der Waals surface area (Å²) in [6.45, 7) is 4.68. The number of ether oxygens (including phenoxy) is 1. The minimum atomic E-state index is 0.130. The molecule has 3 fully saturated rings. The molecule has 0 radical (unpaired) electrons. The Morgan fingerprint density at radius 3 is 1.88 bits per heavy atom. The maximum Gasteiger partial charge on any atom is 0.309 e. The molecule has 0 atom stereocenters. The normalized spacial score (nSPS) is 40.9. The van der Waals surface area contributed by atoms with Crippen molar-refractivity contribution in [3.63, 3.8) is 0 Å². The zero-order chi connectivity index (χ0) is 16.9. The predicted octanol–water partition coefficient (Wildman–Crippen LogP) is 6.13. The standard InChI is InChI=1S/C22H38O2/c1-3-17-6-14-21(15-7-17)24-22(23)20-12-10-19(11-13-20)18-8-4-16(2)5-9-18/h16-21H,3-15H2,1-2H3.